The van der Waals surface area contributed by atoms with Crippen LogP contribution in [0.2, 0.25) is 0 Å². The topological polar surface area (TPSA) is 17.1 Å². The van der Waals surface area contributed by atoms with Gasteiger partial charge in [-0.25, -0.2) is 0 Å². The first kappa shape index (κ1) is 9.63. The fraction of sp³-hybridized carbons (Fsp3) is 0.833. The van der Waals surface area contributed by atoms with Crippen molar-refractivity contribution in [2.24, 2.45) is 0 Å². The molecule has 1 nitrogen and oxygen atoms in total. The van der Waals surface area contributed by atoms with Crippen molar-refractivity contribution < 1.29 is 4.79 Å². The van der Waals surface area contributed by atoms with Crippen LogP contribution in [0.4, 0.5) is 0 Å². The number of halogens is 2. The van der Waals surface area contributed by atoms with Crippen LogP contribution in [0.3, 0.4) is 0 Å². The Morgan fingerprint density at radius 1 is 1.56 bits per heavy atom. The first-order valence-corrected chi connectivity index (χ1v) is 4.40. The molecule has 0 aromatic heterocycles. The van der Waals surface area contributed by atoms with E-state index < -0.39 is 0 Å². The van der Waals surface area contributed by atoms with Gasteiger partial charge < -0.3 is 0 Å². The van der Waals surface area contributed by atoms with Gasteiger partial charge in [-0.2, -0.15) is 0 Å². The van der Waals surface area contributed by atoms with Gasteiger partial charge in [0.15, 0.2) is 0 Å². The Bertz CT molecular complexity index is 115. The van der Waals surface area contributed by atoms with E-state index in [1.54, 1.807) is 6.92 Å². The molecule has 0 spiro atoms. The lowest BCUT2D eigenvalue weighted by atomic mass is 10.1. The molecule has 0 saturated heterocycles. The van der Waals surface area contributed by atoms with Gasteiger partial charge in [-0.3, -0.25) is 4.79 Å². The molecule has 0 N–H and O–H groups in total. The molecule has 54 valence electrons. The largest absolute Gasteiger partial charge is 0.299 e. The van der Waals surface area contributed by atoms with Crippen molar-refractivity contribution in [3.05, 3.63) is 0 Å². The molecule has 1 unspecified atom stereocenters. The molecular formula is C6H10Br2O. The molecule has 0 saturated carbocycles. The third kappa shape index (κ3) is 3.36. The van der Waals surface area contributed by atoms with E-state index in [-0.39, 0.29) is 14.9 Å². The number of carbonyl (C=O) groups excluding carboxylic acids is 1. The number of rotatable bonds is 2. The van der Waals surface area contributed by atoms with Gasteiger partial charge in [0.2, 0.25) is 0 Å². The van der Waals surface area contributed by atoms with Gasteiger partial charge >= 0.3 is 0 Å². The molecule has 0 radical (unpaired) electrons. The van der Waals surface area contributed by atoms with Gasteiger partial charge in [0, 0.05) is 4.32 Å². The third-order valence-electron chi connectivity index (χ3n) is 0.960. The first-order chi connectivity index (χ1) is 3.85. The smallest absolute Gasteiger partial charge is 0.144 e. The lowest BCUT2D eigenvalue weighted by Gasteiger charge is -2.20. The summed E-state index contributed by atoms with van der Waals surface area (Å²) < 4.78 is -0.140. The van der Waals surface area contributed by atoms with Crippen molar-refractivity contribution >= 4 is 37.6 Å². The molecule has 1 atom stereocenters. The maximum absolute atomic E-state index is 10.7. The molecule has 0 aromatic carbocycles. The third-order valence-corrected chi connectivity index (χ3v) is 3.82. The number of Topliss-reactive ketones (excluding diaryl/α,β-unsaturated/α-hetero) is 1. The predicted molar refractivity (Wildman–Crippen MR) is 46.4 cm³/mol. The number of carbonyl (C=O) groups is 1. The molecule has 0 bridgehead atoms. The normalized spacial score (nSPS) is 15.2. The maximum Gasteiger partial charge on any atom is 0.144 e. The molecule has 0 aliphatic carbocycles. The molecule has 9 heavy (non-hydrogen) atoms. The molecule has 0 aliphatic heterocycles. The zero-order chi connectivity index (χ0) is 7.65. The van der Waals surface area contributed by atoms with Crippen LogP contribution in [-0.2, 0) is 4.79 Å². The summed E-state index contributed by atoms with van der Waals surface area (Å²) in [6, 6.07) is 0. The second-order valence-corrected chi connectivity index (χ2v) is 5.50. The molecule has 0 amide bonds. The van der Waals surface area contributed by atoms with Gasteiger partial charge in [-0.05, 0) is 20.8 Å². The van der Waals surface area contributed by atoms with Crippen LogP contribution in [0.25, 0.3) is 0 Å². The van der Waals surface area contributed by atoms with Crippen LogP contribution in [0.5, 0.6) is 0 Å². The van der Waals surface area contributed by atoms with Crippen molar-refractivity contribution in [3.63, 3.8) is 0 Å². The van der Waals surface area contributed by atoms with Crippen molar-refractivity contribution in [1.29, 1.82) is 0 Å². The lowest BCUT2D eigenvalue weighted by Crippen LogP contribution is -2.30. The summed E-state index contributed by atoms with van der Waals surface area (Å²) in [5.74, 6) is 0.150. The highest BCUT2D eigenvalue weighted by atomic mass is 79.9. The SMILES string of the molecule is CC(=O)C(Br)C(C)(C)Br. The van der Waals surface area contributed by atoms with Crippen molar-refractivity contribution in [2.45, 2.75) is 29.9 Å². The zero-order valence-corrected chi connectivity index (χ0v) is 8.91. The van der Waals surface area contributed by atoms with Crippen molar-refractivity contribution in [3.8, 4) is 0 Å². The van der Waals surface area contributed by atoms with E-state index in [0.717, 1.165) is 0 Å². The van der Waals surface area contributed by atoms with E-state index in [4.69, 9.17) is 0 Å². The van der Waals surface area contributed by atoms with Crippen LogP contribution in [0.15, 0.2) is 0 Å². The molecule has 3 heteroatoms. The highest BCUT2D eigenvalue weighted by Gasteiger charge is 2.27. The molecule has 0 heterocycles. The monoisotopic (exact) mass is 256 g/mol. The Kier molecular flexibility index (Phi) is 3.37. The number of hydrogen-bond acceptors (Lipinski definition) is 1. The second kappa shape index (κ2) is 3.15. The van der Waals surface area contributed by atoms with E-state index in [0.29, 0.717) is 0 Å². The Morgan fingerprint density at radius 2 is 1.89 bits per heavy atom. The van der Waals surface area contributed by atoms with Crippen molar-refractivity contribution in [2.75, 3.05) is 0 Å². The summed E-state index contributed by atoms with van der Waals surface area (Å²) in [4.78, 5) is 10.6. The Labute approximate surface area is 72.5 Å². The van der Waals surface area contributed by atoms with Crippen LogP contribution in [-0.4, -0.2) is 14.9 Å². The van der Waals surface area contributed by atoms with E-state index in [1.165, 1.54) is 0 Å². The van der Waals surface area contributed by atoms with Crippen LogP contribution in [0.1, 0.15) is 20.8 Å². The Morgan fingerprint density at radius 3 is 1.89 bits per heavy atom. The minimum atomic E-state index is -0.140. The molecular weight excluding hydrogens is 248 g/mol. The fourth-order valence-corrected chi connectivity index (χ4v) is 0.806. The first-order valence-electron chi connectivity index (χ1n) is 2.69. The average molecular weight is 258 g/mol. The fourth-order valence-electron chi connectivity index (χ4n) is 0.483. The minimum Gasteiger partial charge on any atom is -0.299 e. The highest BCUT2D eigenvalue weighted by Crippen LogP contribution is 2.27. The standard InChI is InChI=1S/C6H10Br2O/c1-4(9)5(7)6(2,3)8/h5H,1-3H3. The van der Waals surface area contributed by atoms with E-state index in [1.807, 2.05) is 13.8 Å². The number of alkyl halides is 2. The maximum atomic E-state index is 10.7. The molecule has 0 aromatic rings. The summed E-state index contributed by atoms with van der Waals surface area (Å²) in [7, 11) is 0. The molecule has 0 fully saturated rings. The van der Waals surface area contributed by atoms with Gasteiger partial charge in [0.05, 0.1) is 4.83 Å². The van der Waals surface area contributed by atoms with Gasteiger partial charge in [-0.15, -0.1) is 0 Å². The predicted octanol–water partition coefficient (Wildman–Crippen LogP) is 2.51. The van der Waals surface area contributed by atoms with Gasteiger partial charge in [-0.1, -0.05) is 31.9 Å². The summed E-state index contributed by atoms with van der Waals surface area (Å²) in [6.45, 7) is 5.48. The van der Waals surface area contributed by atoms with Crippen LogP contribution < -0.4 is 0 Å². The summed E-state index contributed by atoms with van der Waals surface area (Å²) in [5.41, 5.74) is 0. The van der Waals surface area contributed by atoms with Gasteiger partial charge in [0.1, 0.15) is 5.78 Å². The van der Waals surface area contributed by atoms with E-state index in [9.17, 15) is 4.79 Å². The number of hydrogen-bond donors (Lipinski definition) is 0. The quantitative estimate of drug-likeness (QED) is 0.695. The molecule has 0 aliphatic rings. The molecule has 0 rings (SSSR count). The Balaban J connectivity index is 4.04. The lowest BCUT2D eigenvalue weighted by molar-refractivity contribution is -0.116. The van der Waals surface area contributed by atoms with E-state index >= 15 is 0 Å². The number of ketones is 1. The average Bonchev–Trinajstić information content (AvgIpc) is 1.62. The minimum absolute atomic E-state index is 0.0926. The second-order valence-electron chi connectivity index (χ2n) is 2.54. The van der Waals surface area contributed by atoms with Crippen LogP contribution >= 0.6 is 31.9 Å². The highest BCUT2D eigenvalue weighted by molar-refractivity contribution is 9.12. The summed E-state index contributed by atoms with van der Waals surface area (Å²) >= 11 is 6.64. The summed E-state index contributed by atoms with van der Waals surface area (Å²) in [5, 5.41) is 0. The van der Waals surface area contributed by atoms with Crippen molar-refractivity contribution in [1.82, 2.24) is 0 Å². The van der Waals surface area contributed by atoms with Crippen LogP contribution in [0, 0.1) is 0 Å². The Hall–Kier alpha value is 0.630. The zero-order valence-electron chi connectivity index (χ0n) is 5.74. The summed E-state index contributed by atoms with van der Waals surface area (Å²) in [6.07, 6.45) is 0. The van der Waals surface area contributed by atoms with E-state index in [2.05, 4.69) is 31.9 Å². The van der Waals surface area contributed by atoms with Gasteiger partial charge in [0.25, 0.3) is 0 Å².